The molecule has 2 aromatic heterocycles. The lowest BCUT2D eigenvalue weighted by Crippen LogP contribution is -2.61. The van der Waals surface area contributed by atoms with Crippen LogP contribution < -0.4 is 9.64 Å². The maximum Gasteiger partial charge on any atom is 0.424 e. The number of aromatic nitrogens is 1. The fourth-order valence-corrected chi connectivity index (χ4v) is 5.93. The van der Waals surface area contributed by atoms with E-state index in [0.29, 0.717) is 29.0 Å². The SMILES string of the molecule is O=C1OC2=CC=CC(c3cc4ccccc4o3)C2(C2Cc3ccccc3O2)N1c1nc2ccccc2o1. The normalized spacial score (nSPS) is 24.2. The quantitative estimate of drug-likeness (QED) is 0.288. The van der Waals surface area contributed by atoms with E-state index in [1.54, 1.807) is 0 Å². The van der Waals surface area contributed by atoms with Crippen molar-refractivity contribution in [3.63, 3.8) is 0 Å². The average molecular weight is 488 g/mol. The highest BCUT2D eigenvalue weighted by atomic mass is 16.6. The minimum atomic E-state index is -1.13. The fraction of sp³-hybridized carbons (Fsp3) is 0.133. The largest absolute Gasteiger partial charge is 0.487 e. The highest BCUT2D eigenvalue weighted by Gasteiger charge is 2.66. The molecule has 8 rings (SSSR count). The monoisotopic (exact) mass is 488 g/mol. The van der Waals surface area contributed by atoms with Gasteiger partial charge in [-0.3, -0.25) is 0 Å². The zero-order valence-electron chi connectivity index (χ0n) is 19.5. The van der Waals surface area contributed by atoms with Crippen LogP contribution in [0.5, 0.6) is 5.75 Å². The molecule has 0 N–H and O–H groups in total. The van der Waals surface area contributed by atoms with Crippen molar-refractivity contribution >= 4 is 34.2 Å². The van der Waals surface area contributed by atoms with Crippen molar-refractivity contribution in [1.82, 2.24) is 4.98 Å². The standard InChI is InChI=1S/C30H20N2O5/c33-29-32(28-31-21-11-3-6-14-24(21)36-28)30(27-17-19-9-2-5-13-23(19)35-27)20(10-7-15-26(30)37-29)25-16-18-8-1-4-12-22(18)34-25/h1-16,20,27H,17H2. The summed E-state index contributed by atoms with van der Waals surface area (Å²) in [5.74, 6) is 1.53. The molecule has 0 bridgehead atoms. The number of carbonyl (C=O) groups excluding carboxylic acids is 1. The number of hydrogen-bond donors (Lipinski definition) is 0. The molecule has 4 heterocycles. The van der Waals surface area contributed by atoms with Gasteiger partial charge in [0.2, 0.25) is 0 Å². The highest BCUT2D eigenvalue weighted by Crippen LogP contribution is 2.55. The maximum absolute atomic E-state index is 13.7. The van der Waals surface area contributed by atoms with E-state index in [4.69, 9.17) is 23.3 Å². The van der Waals surface area contributed by atoms with E-state index in [-0.39, 0.29) is 6.01 Å². The Balaban J connectivity index is 1.37. The van der Waals surface area contributed by atoms with Crippen LogP contribution in [0.25, 0.3) is 22.1 Å². The molecule has 180 valence electrons. The van der Waals surface area contributed by atoms with Gasteiger partial charge in [-0.2, -0.15) is 4.98 Å². The number of amides is 1. The predicted molar refractivity (Wildman–Crippen MR) is 136 cm³/mol. The van der Waals surface area contributed by atoms with E-state index < -0.39 is 23.7 Å². The lowest BCUT2D eigenvalue weighted by atomic mass is 9.72. The summed E-state index contributed by atoms with van der Waals surface area (Å²) >= 11 is 0. The summed E-state index contributed by atoms with van der Waals surface area (Å²) in [4.78, 5) is 19.9. The van der Waals surface area contributed by atoms with Crippen LogP contribution in [0.2, 0.25) is 0 Å². The molecular formula is C30H20N2O5. The van der Waals surface area contributed by atoms with Crippen LogP contribution in [-0.2, 0) is 11.2 Å². The van der Waals surface area contributed by atoms with Gasteiger partial charge in [-0.05, 0) is 42.0 Å². The number of hydrogen-bond acceptors (Lipinski definition) is 6. The number of allylic oxidation sites excluding steroid dienone is 2. The molecule has 3 unspecified atom stereocenters. The minimum absolute atomic E-state index is 0.158. The third-order valence-electron chi connectivity index (χ3n) is 7.53. The number of carbonyl (C=O) groups is 1. The van der Waals surface area contributed by atoms with Gasteiger partial charge in [0.1, 0.15) is 34.5 Å². The van der Waals surface area contributed by atoms with Crippen molar-refractivity contribution in [2.45, 2.75) is 24.0 Å². The first kappa shape index (κ1) is 20.4. The maximum atomic E-state index is 13.7. The zero-order valence-corrected chi connectivity index (χ0v) is 19.5. The van der Waals surface area contributed by atoms with Crippen molar-refractivity contribution < 1.29 is 23.1 Å². The lowest BCUT2D eigenvalue weighted by molar-refractivity contribution is 0.125. The number of fused-ring (bicyclic) bond motifs is 4. The first-order chi connectivity index (χ1) is 18.2. The number of para-hydroxylation sites is 4. The Morgan fingerprint density at radius 1 is 0.919 bits per heavy atom. The second kappa shape index (κ2) is 7.36. The third kappa shape index (κ3) is 2.76. The Morgan fingerprint density at radius 3 is 2.59 bits per heavy atom. The molecule has 0 saturated carbocycles. The lowest BCUT2D eigenvalue weighted by Gasteiger charge is -2.43. The summed E-state index contributed by atoms with van der Waals surface area (Å²) < 4.78 is 25.1. The fourth-order valence-electron chi connectivity index (χ4n) is 5.93. The first-order valence-electron chi connectivity index (χ1n) is 12.2. The topological polar surface area (TPSA) is 77.9 Å². The van der Waals surface area contributed by atoms with Crippen LogP contribution in [0.3, 0.4) is 0 Å². The molecule has 7 nitrogen and oxygen atoms in total. The van der Waals surface area contributed by atoms with E-state index in [1.807, 2.05) is 97.1 Å². The van der Waals surface area contributed by atoms with Crippen LogP contribution >= 0.6 is 0 Å². The molecule has 7 heteroatoms. The zero-order chi connectivity index (χ0) is 24.6. The molecule has 2 aliphatic heterocycles. The van der Waals surface area contributed by atoms with Gasteiger partial charge in [0, 0.05) is 11.8 Å². The smallest absolute Gasteiger partial charge is 0.424 e. The molecule has 3 atom stereocenters. The third-order valence-corrected chi connectivity index (χ3v) is 7.53. The molecular weight excluding hydrogens is 468 g/mol. The van der Waals surface area contributed by atoms with E-state index in [1.165, 1.54) is 4.90 Å². The Morgan fingerprint density at radius 2 is 1.73 bits per heavy atom. The molecule has 37 heavy (non-hydrogen) atoms. The summed E-state index contributed by atoms with van der Waals surface area (Å²) in [6, 6.07) is 25.4. The van der Waals surface area contributed by atoms with Gasteiger partial charge in [-0.25, -0.2) is 9.69 Å². The second-order valence-corrected chi connectivity index (χ2v) is 9.49. The molecule has 3 aromatic carbocycles. The van der Waals surface area contributed by atoms with Crippen molar-refractivity contribution in [2.75, 3.05) is 4.90 Å². The second-order valence-electron chi connectivity index (χ2n) is 9.49. The number of oxazole rings is 1. The van der Waals surface area contributed by atoms with Gasteiger partial charge in [-0.15, -0.1) is 0 Å². The van der Waals surface area contributed by atoms with Crippen molar-refractivity contribution in [1.29, 1.82) is 0 Å². The van der Waals surface area contributed by atoms with Crippen molar-refractivity contribution in [3.8, 4) is 5.75 Å². The van der Waals surface area contributed by atoms with Gasteiger partial charge in [-0.1, -0.05) is 60.7 Å². The summed E-state index contributed by atoms with van der Waals surface area (Å²) in [5, 5.41) is 0.978. The molecule has 1 amide bonds. The van der Waals surface area contributed by atoms with E-state index >= 15 is 0 Å². The van der Waals surface area contributed by atoms with E-state index in [9.17, 15) is 4.79 Å². The number of nitrogens with zero attached hydrogens (tertiary/aromatic N) is 2. The average Bonchev–Trinajstić information content (AvgIpc) is 3.69. The highest BCUT2D eigenvalue weighted by molar-refractivity contribution is 5.95. The summed E-state index contributed by atoms with van der Waals surface area (Å²) in [6.07, 6.45) is 5.28. The summed E-state index contributed by atoms with van der Waals surface area (Å²) in [6.45, 7) is 0. The number of anilines is 1. The first-order valence-corrected chi connectivity index (χ1v) is 12.2. The van der Waals surface area contributed by atoms with Gasteiger partial charge < -0.3 is 18.3 Å². The van der Waals surface area contributed by atoms with Gasteiger partial charge in [0.05, 0.1) is 5.92 Å². The molecule has 5 aromatic rings. The predicted octanol–water partition coefficient (Wildman–Crippen LogP) is 6.51. The van der Waals surface area contributed by atoms with Crippen molar-refractivity contribution in [3.05, 3.63) is 114 Å². The van der Waals surface area contributed by atoms with Gasteiger partial charge >= 0.3 is 12.1 Å². The number of ether oxygens (including phenoxy) is 2. The Kier molecular flexibility index (Phi) is 4.06. The molecule has 1 fully saturated rings. The molecule has 1 saturated heterocycles. The van der Waals surface area contributed by atoms with Crippen molar-refractivity contribution in [2.24, 2.45) is 0 Å². The Hall–Kier alpha value is -4.78. The summed E-state index contributed by atoms with van der Waals surface area (Å²) in [5.41, 5.74) is 1.95. The van der Waals surface area contributed by atoms with E-state index in [0.717, 1.165) is 22.3 Å². The summed E-state index contributed by atoms with van der Waals surface area (Å²) in [7, 11) is 0. The molecule has 3 aliphatic rings. The Labute approximate surface area is 211 Å². The number of furan rings is 1. The molecule has 1 aliphatic carbocycles. The number of benzene rings is 3. The number of rotatable bonds is 3. The van der Waals surface area contributed by atoms with Crippen LogP contribution in [0, 0.1) is 0 Å². The Bertz CT molecular complexity index is 1690. The molecule has 0 spiro atoms. The van der Waals surface area contributed by atoms with Gasteiger partial charge in [0.25, 0.3) is 0 Å². The van der Waals surface area contributed by atoms with Crippen LogP contribution in [0.4, 0.5) is 10.8 Å². The minimum Gasteiger partial charge on any atom is -0.487 e. The van der Waals surface area contributed by atoms with E-state index in [2.05, 4.69) is 0 Å². The van der Waals surface area contributed by atoms with Crippen LogP contribution in [0.1, 0.15) is 17.2 Å². The van der Waals surface area contributed by atoms with Gasteiger partial charge in [0.15, 0.2) is 11.1 Å². The molecule has 0 radical (unpaired) electrons. The van der Waals surface area contributed by atoms with Crippen LogP contribution in [-0.4, -0.2) is 22.7 Å². The van der Waals surface area contributed by atoms with Crippen LogP contribution in [0.15, 0.2) is 112 Å².